The summed E-state index contributed by atoms with van der Waals surface area (Å²) < 4.78 is 24.5. The summed E-state index contributed by atoms with van der Waals surface area (Å²) in [5, 5.41) is 6.53. The predicted octanol–water partition coefficient (Wildman–Crippen LogP) is 2.50. The van der Waals surface area contributed by atoms with Gasteiger partial charge in [0.1, 0.15) is 17.7 Å². The Morgan fingerprint density at radius 2 is 1.89 bits per heavy atom. The van der Waals surface area contributed by atoms with Crippen molar-refractivity contribution in [2.45, 2.75) is 39.4 Å². The largest absolute Gasteiger partial charge is 0.489 e. The van der Waals surface area contributed by atoms with Crippen LogP contribution in [0.25, 0.3) is 0 Å². The number of benzene rings is 1. The molecule has 0 aliphatic heterocycles. The van der Waals surface area contributed by atoms with E-state index in [4.69, 9.17) is 9.47 Å². The number of nitrogens with one attached hydrogen (secondary N) is 2. The third kappa shape index (κ3) is 10.8. The Morgan fingerprint density at radius 1 is 1.19 bits per heavy atom. The second-order valence-corrected chi connectivity index (χ2v) is 6.65. The van der Waals surface area contributed by atoms with Crippen LogP contribution in [0.2, 0.25) is 0 Å². The Kier molecular flexibility index (Phi) is 11.4. The Morgan fingerprint density at radius 3 is 2.48 bits per heavy atom. The second kappa shape index (κ2) is 13.3. The van der Waals surface area contributed by atoms with E-state index < -0.39 is 0 Å². The fraction of sp³-hybridized carbons (Fsp3) is 0.650. The lowest BCUT2D eigenvalue weighted by Crippen LogP contribution is -2.42. The molecule has 0 bridgehead atoms. The molecule has 0 aromatic heterocycles. The molecule has 0 saturated carbocycles. The van der Waals surface area contributed by atoms with Crippen molar-refractivity contribution in [3.05, 3.63) is 30.1 Å². The zero-order chi connectivity index (χ0) is 20.1. The van der Waals surface area contributed by atoms with Crippen molar-refractivity contribution in [1.29, 1.82) is 0 Å². The molecule has 0 amide bonds. The smallest absolute Gasteiger partial charge is 0.191 e. The summed E-state index contributed by atoms with van der Waals surface area (Å²) in [5.41, 5.74) is 0. The third-order valence-electron chi connectivity index (χ3n) is 3.81. The molecule has 2 unspecified atom stereocenters. The second-order valence-electron chi connectivity index (χ2n) is 6.65. The Labute approximate surface area is 163 Å². The standard InChI is InChI=1S/C20H35FN4O2/c1-6-22-20(24-15-19(26-7-2)12-13-25(4)5)23-14-16(3)27-18-10-8-17(21)9-11-18/h8-11,16,19H,6-7,12-15H2,1-5H3,(H2,22,23,24). The molecule has 27 heavy (non-hydrogen) atoms. The zero-order valence-electron chi connectivity index (χ0n) is 17.3. The van der Waals surface area contributed by atoms with Crippen molar-refractivity contribution >= 4 is 5.96 Å². The number of aliphatic imine (C=N–C) groups is 1. The minimum atomic E-state index is -0.271. The van der Waals surface area contributed by atoms with Crippen LogP contribution in [0.5, 0.6) is 5.75 Å². The number of hydrogen-bond donors (Lipinski definition) is 2. The first-order valence-corrected chi connectivity index (χ1v) is 9.65. The SMILES string of the molecule is CCNC(=NCC(CCN(C)C)OCC)NCC(C)Oc1ccc(F)cc1. The van der Waals surface area contributed by atoms with E-state index in [0.717, 1.165) is 25.5 Å². The summed E-state index contributed by atoms with van der Waals surface area (Å²) in [6.45, 7) is 9.60. The van der Waals surface area contributed by atoms with Crippen LogP contribution >= 0.6 is 0 Å². The first-order valence-electron chi connectivity index (χ1n) is 9.65. The van der Waals surface area contributed by atoms with Crippen LogP contribution in [0.15, 0.2) is 29.3 Å². The van der Waals surface area contributed by atoms with Crippen LogP contribution in [0.3, 0.4) is 0 Å². The third-order valence-corrected chi connectivity index (χ3v) is 3.81. The van der Waals surface area contributed by atoms with Crippen molar-refractivity contribution in [1.82, 2.24) is 15.5 Å². The number of halogens is 1. The molecule has 6 nitrogen and oxygen atoms in total. The molecule has 2 atom stereocenters. The van der Waals surface area contributed by atoms with Crippen molar-refractivity contribution in [2.24, 2.45) is 4.99 Å². The number of hydrogen-bond acceptors (Lipinski definition) is 4. The molecule has 0 aliphatic carbocycles. The maximum absolute atomic E-state index is 13.0. The quantitative estimate of drug-likeness (QED) is 0.430. The molecule has 0 spiro atoms. The van der Waals surface area contributed by atoms with Crippen LogP contribution in [0.4, 0.5) is 4.39 Å². The van der Waals surface area contributed by atoms with Crippen molar-refractivity contribution in [2.75, 3.05) is 46.9 Å². The fourth-order valence-corrected chi connectivity index (χ4v) is 2.43. The lowest BCUT2D eigenvalue weighted by molar-refractivity contribution is 0.0582. The van der Waals surface area contributed by atoms with Crippen LogP contribution in [-0.4, -0.2) is 69.9 Å². The van der Waals surface area contributed by atoms with Gasteiger partial charge in [-0.25, -0.2) is 4.39 Å². The molecule has 0 radical (unpaired) electrons. The van der Waals surface area contributed by atoms with E-state index in [1.165, 1.54) is 12.1 Å². The summed E-state index contributed by atoms with van der Waals surface area (Å²) >= 11 is 0. The van der Waals surface area contributed by atoms with Gasteiger partial charge in [-0.3, -0.25) is 4.99 Å². The average Bonchev–Trinajstić information content (AvgIpc) is 2.63. The van der Waals surface area contributed by atoms with Gasteiger partial charge in [-0.05, 0) is 65.6 Å². The summed E-state index contributed by atoms with van der Waals surface area (Å²) in [5.74, 6) is 1.11. The average molecular weight is 383 g/mol. The lowest BCUT2D eigenvalue weighted by Gasteiger charge is -2.20. The topological polar surface area (TPSA) is 58.1 Å². The van der Waals surface area contributed by atoms with E-state index in [0.29, 0.717) is 25.4 Å². The van der Waals surface area contributed by atoms with E-state index in [1.807, 2.05) is 20.8 Å². The highest BCUT2D eigenvalue weighted by Gasteiger charge is 2.10. The molecular weight excluding hydrogens is 347 g/mol. The molecule has 0 heterocycles. The van der Waals surface area contributed by atoms with E-state index >= 15 is 0 Å². The monoisotopic (exact) mass is 382 g/mol. The normalized spacial score (nSPS) is 14.1. The van der Waals surface area contributed by atoms with Gasteiger partial charge in [0.05, 0.1) is 19.2 Å². The molecule has 0 aliphatic rings. The Hall–Kier alpha value is -1.86. The van der Waals surface area contributed by atoms with Gasteiger partial charge in [-0.1, -0.05) is 0 Å². The van der Waals surface area contributed by atoms with Gasteiger partial charge in [0.15, 0.2) is 5.96 Å². The first kappa shape index (κ1) is 23.2. The molecule has 2 N–H and O–H groups in total. The molecule has 1 rings (SSSR count). The van der Waals surface area contributed by atoms with Crippen LogP contribution in [0, 0.1) is 5.82 Å². The van der Waals surface area contributed by atoms with E-state index in [2.05, 4.69) is 34.6 Å². The molecule has 7 heteroatoms. The minimum Gasteiger partial charge on any atom is -0.489 e. The van der Waals surface area contributed by atoms with E-state index in [1.54, 1.807) is 12.1 Å². The molecular formula is C20H35FN4O2. The number of rotatable bonds is 12. The Bertz CT molecular complexity index is 537. The van der Waals surface area contributed by atoms with Gasteiger partial charge in [0.25, 0.3) is 0 Å². The highest BCUT2D eigenvalue weighted by molar-refractivity contribution is 5.79. The fourth-order valence-electron chi connectivity index (χ4n) is 2.43. The van der Waals surface area contributed by atoms with Crippen LogP contribution < -0.4 is 15.4 Å². The van der Waals surface area contributed by atoms with Gasteiger partial charge in [0.2, 0.25) is 0 Å². The maximum atomic E-state index is 13.0. The summed E-state index contributed by atoms with van der Waals surface area (Å²) in [7, 11) is 4.11. The summed E-state index contributed by atoms with van der Waals surface area (Å²) in [4.78, 5) is 6.79. The summed E-state index contributed by atoms with van der Waals surface area (Å²) in [6.07, 6.45) is 0.949. The van der Waals surface area contributed by atoms with Gasteiger partial charge in [-0.15, -0.1) is 0 Å². The first-order chi connectivity index (χ1) is 12.9. The van der Waals surface area contributed by atoms with Crippen molar-refractivity contribution < 1.29 is 13.9 Å². The Balaban J connectivity index is 2.51. The molecule has 0 saturated heterocycles. The molecule has 1 aromatic rings. The highest BCUT2D eigenvalue weighted by Crippen LogP contribution is 2.12. The van der Waals surface area contributed by atoms with E-state index in [-0.39, 0.29) is 18.0 Å². The summed E-state index contributed by atoms with van der Waals surface area (Å²) in [6, 6.07) is 6.04. The van der Waals surface area contributed by atoms with E-state index in [9.17, 15) is 4.39 Å². The zero-order valence-corrected chi connectivity index (χ0v) is 17.3. The van der Waals surface area contributed by atoms with Crippen molar-refractivity contribution in [3.63, 3.8) is 0 Å². The van der Waals surface area contributed by atoms with Crippen LogP contribution in [-0.2, 0) is 4.74 Å². The lowest BCUT2D eigenvalue weighted by atomic mass is 10.2. The van der Waals surface area contributed by atoms with Gasteiger partial charge < -0.3 is 25.0 Å². The number of guanidine groups is 1. The number of ether oxygens (including phenoxy) is 2. The van der Waals surface area contributed by atoms with Gasteiger partial charge in [0, 0.05) is 19.7 Å². The highest BCUT2D eigenvalue weighted by atomic mass is 19.1. The van der Waals surface area contributed by atoms with Gasteiger partial charge >= 0.3 is 0 Å². The van der Waals surface area contributed by atoms with Crippen molar-refractivity contribution in [3.8, 4) is 5.75 Å². The van der Waals surface area contributed by atoms with Gasteiger partial charge in [-0.2, -0.15) is 0 Å². The number of nitrogens with zero attached hydrogens (tertiary/aromatic N) is 2. The van der Waals surface area contributed by atoms with Crippen LogP contribution in [0.1, 0.15) is 27.2 Å². The molecule has 0 fully saturated rings. The maximum Gasteiger partial charge on any atom is 0.191 e. The molecule has 154 valence electrons. The molecule has 1 aromatic carbocycles. The predicted molar refractivity (Wildman–Crippen MR) is 109 cm³/mol. The minimum absolute atomic E-state index is 0.0873.